The molecular weight excluding hydrogens is 785 g/mol. The van der Waals surface area contributed by atoms with E-state index in [1.807, 2.05) is 72.8 Å². The molecule has 2 unspecified atom stereocenters. The van der Waals surface area contributed by atoms with Gasteiger partial charge in [0.1, 0.15) is 23.6 Å². The molecule has 4 N–H and O–H groups in total. The Morgan fingerprint density at radius 1 is 0.516 bits per heavy atom. The summed E-state index contributed by atoms with van der Waals surface area (Å²) in [4.78, 5) is 54.2. The van der Waals surface area contributed by atoms with Gasteiger partial charge in [-0.05, 0) is 108 Å². The number of carbonyl (C=O) groups excluding carboxylic acids is 4. The third-order valence-corrected chi connectivity index (χ3v) is 10.4. The van der Waals surface area contributed by atoms with Gasteiger partial charge in [-0.3, -0.25) is 19.2 Å². The van der Waals surface area contributed by atoms with Crippen LogP contribution in [-0.2, 0) is 35.3 Å². The van der Waals surface area contributed by atoms with Gasteiger partial charge < -0.3 is 40.2 Å². The number of amides is 4. The van der Waals surface area contributed by atoms with Gasteiger partial charge in [0.15, 0.2) is 23.0 Å². The molecule has 4 heterocycles. The predicted molar refractivity (Wildman–Crippen MR) is 235 cm³/mol. The molecule has 6 aromatic carbocycles. The monoisotopic (exact) mass is 832 g/mol. The van der Waals surface area contributed by atoms with Crippen LogP contribution in [0.1, 0.15) is 43.0 Å². The highest BCUT2D eigenvalue weighted by Gasteiger charge is 2.24. The highest BCUT2D eigenvalue weighted by atomic mass is 16.5. The Morgan fingerprint density at radius 2 is 0.919 bits per heavy atom. The van der Waals surface area contributed by atoms with Crippen LogP contribution in [0.25, 0.3) is 0 Å². The van der Waals surface area contributed by atoms with E-state index >= 15 is 0 Å². The van der Waals surface area contributed by atoms with Crippen LogP contribution >= 0.6 is 0 Å². The average Bonchev–Trinajstić information content (AvgIpc) is 3.30. The van der Waals surface area contributed by atoms with Crippen LogP contribution in [0, 0.1) is 0 Å². The Balaban J connectivity index is 1.18. The maximum atomic E-state index is 13.8. The molecule has 2 atom stereocenters. The van der Waals surface area contributed by atoms with Gasteiger partial charge in [0.2, 0.25) is 11.8 Å². The van der Waals surface area contributed by atoms with Crippen molar-refractivity contribution in [2.45, 2.75) is 37.8 Å². The van der Waals surface area contributed by atoms with Gasteiger partial charge in [0.05, 0.1) is 14.2 Å². The molecule has 6 aromatic rings. The van der Waals surface area contributed by atoms with Crippen LogP contribution < -0.4 is 40.2 Å². The van der Waals surface area contributed by atoms with Gasteiger partial charge in [-0.2, -0.15) is 0 Å². The minimum absolute atomic E-state index is 0.165. The molecule has 0 aromatic heterocycles. The maximum absolute atomic E-state index is 13.8. The fourth-order valence-corrected chi connectivity index (χ4v) is 7.01. The number of methoxy groups -OCH3 is 2. The first-order chi connectivity index (χ1) is 30.2. The molecule has 0 aliphatic carbocycles. The van der Waals surface area contributed by atoms with Crippen molar-refractivity contribution in [2.24, 2.45) is 0 Å². The number of rotatable bonds is 6. The van der Waals surface area contributed by atoms with Gasteiger partial charge in [0.25, 0.3) is 11.8 Å². The van der Waals surface area contributed by atoms with Crippen LogP contribution in [-0.4, -0.2) is 63.0 Å². The van der Waals surface area contributed by atoms with E-state index in [2.05, 4.69) is 21.3 Å². The van der Waals surface area contributed by atoms with E-state index in [4.69, 9.17) is 18.9 Å². The lowest BCUT2D eigenvalue weighted by molar-refractivity contribution is -0.123. The van der Waals surface area contributed by atoms with Crippen molar-refractivity contribution in [1.29, 1.82) is 0 Å². The van der Waals surface area contributed by atoms with Crippen molar-refractivity contribution < 1.29 is 38.1 Å². The lowest BCUT2D eigenvalue weighted by Crippen LogP contribution is -2.48. The SMILES string of the molecule is COc1ccc2cc1Oc1ccc(cc1)CCNC(=O)C(NC(=O)c1ccccc1)Cc1ccc(OC)c(c1)Oc1ccc(cc1)CC(NC(=O)c1ccccc1)C(=O)NCC2. The highest BCUT2D eigenvalue weighted by Crippen LogP contribution is 2.34. The third-order valence-electron chi connectivity index (χ3n) is 10.4. The number of hydrogen-bond acceptors (Lipinski definition) is 8. The normalized spacial score (nSPS) is 15.9. The maximum Gasteiger partial charge on any atom is 0.251 e. The van der Waals surface area contributed by atoms with Crippen LogP contribution in [0.5, 0.6) is 34.5 Å². The van der Waals surface area contributed by atoms with E-state index in [0.29, 0.717) is 71.6 Å². The highest BCUT2D eigenvalue weighted by molar-refractivity contribution is 5.98. The Kier molecular flexibility index (Phi) is 14.1. The van der Waals surface area contributed by atoms with Crippen molar-refractivity contribution >= 4 is 23.6 Å². The minimum atomic E-state index is -0.913. The van der Waals surface area contributed by atoms with Crippen molar-refractivity contribution in [3.63, 3.8) is 0 Å². The zero-order valence-electron chi connectivity index (χ0n) is 34.5. The Bertz CT molecular complexity index is 2480. The average molecular weight is 833 g/mol. The summed E-state index contributed by atoms with van der Waals surface area (Å²) in [5.41, 5.74) is 4.25. The van der Waals surface area contributed by atoms with E-state index in [1.165, 1.54) is 7.11 Å². The van der Waals surface area contributed by atoms with Crippen LogP contribution in [0.15, 0.2) is 146 Å². The zero-order chi connectivity index (χ0) is 43.3. The van der Waals surface area contributed by atoms with Crippen LogP contribution in [0.3, 0.4) is 0 Å². The van der Waals surface area contributed by atoms with Gasteiger partial charge >= 0.3 is 0 Å². The van der Waals surface area contributed by atoms with Gasteiger partial charge in [0, 0.05) is 37.1 Å². The van der Waals surface area contributed by atoms with E-state index < -0.39 is 12.1 Å². The molecule has 316 valence electrons. The first-order valence-corrected chi connectivity index (χ1v) is 20.4. The molecule has 4 aliphatic rings. The van der Waals surface area contributed by atoms with E-state index in [9.17, 15) is 19.2 Å². The third kappa shape index (κ3) is 11.4. The molecule has 0 spiro atoms. The molecule has 12 heteroatoms. The quantitative estimate of drug-likeness (QED) is 0.140. The van der Waals surface area contributed by atoms with Crippen LogP contribution in [0.2, 0.25) is 0 Å². The molecule has 4 aliphatic heterocycles. The summed E-state index contributed by atoms with van der Waals surface area (Å²) in [5.74, 6) is 1.60. The molecule has 62 heavy (non-hydrogen) atoms. The number of nitrogens with one attached hydrogen (secondary N) is 4. The fraction of sp³-hybridized carbons (Fsp3) is 0.200. The minimum Gasteiger partial charge on any atom is -0.493 e. The smallest absolute Gasteiger partial charge is 0.251 e. The van der Waals surface area contributed by atoms with Crippen LogP contribution in [0.4, 0.5) is 0 Å². The lowest BCUT2D eigenvalue weighted by atomic mass is 10.0. The Labute approximate surface area is 360 Å². The number of ether oxygens (including phenoxy) is 4. The first-order valence-electron chi connectivity index (χ1n) is 20.4. The Hall–Kier alpha value is -7.60. The zero-order valence-corrected chi connectivity index (χ0v) is 34.5. The second-order valence-corrected chi connectivity index (χ2v) is 14.7. The molecule has 10 rings (SSSR count). The van der Waals surface area contributed by atoms with E-state index in [1.54, 1.807) is 79.9 Å². The fourth-order valence-electron chi connectivity index (χ4n) is 7.01. The second kappa shape index (κ2) is 20.6. The van der Waals surface area contributed by atoms with E-state index in [-0.39, 0.29) is 36.5 Å². The molecule has 12 nitrogen and oxygen atoms in total. The van der Waals surface area contributed by atoms with E-state index in [0.717, 1.165) is 22.3 Å². The molecule has 8 bridgehead atoms. The molecule has 0 fully saturated rings. The van der Waals surface area contributed by atoms with Crippen molar-refractivity contribution in [3.8, 4) is 34.5 Å². The summed E-state index contributed by atoms with van der Waals surface area (Å²) in [6.07, 6.45) is 1.40. The summed E-state index contributed by atoms with van der Waals surface area (Å²) >= 11 is 0. The van der Waals surface area contributed by atoms with Crippen molar-refractivity contribution in [2.75, 3.05) is 27.3 Å². The Morgan fingerprint density at radius 3 is 1.40 bits per heavy atom. The summed E-state index contributed by atoms with van der Waals surface area (Å²) < 4.78 is 23.8. The second-order valence-electron chi connectivity index (χ2n) is 14.7. The number of carbonyl (C=O) groups is 4. The summed E-state index contributed by atoms with van der Waals surface area (Å²) in [5, 5.41) is 11.9. The number of hydrogen-bond donors (Lipinski definition) is 4. The largest absolute Gasteiger partial charge is 0.493 e. The van der Waals surface area contributed by atoms with Crippen molar-refractivity contribution in [1.82, 2.24) is 21.3 Å². The predicted octanol–water partition coefficient (Wildman–Crippen LogP) is 7.00. The molecular formula is C50H48N4O8. The molecule has 0 radical (unpaired) electrons. The number of benzene rings is 6. The molecule has 0 saturated carbocycles. The molecule has 0 saturated heterocycles. The lowest BCUT2D eigenvalue weighted by Gasteiger charge is -2.20. The summed E-state index contributed by atoms with van der Waals surface area (Å²) in [7, 11) is 3.11. The standard InChI is InChI=1S/C50H48N4O8/c1-59-43-23-17-35-26-28-52-49(57)41(53-47(55)37-9-5-3-6-10-37)29-34-15-21-40(22-16-34)62-46-32-36(18-24-44(46)60-2)30-42(54-48(56)38-11-7-4-8-12-38)50(58)51-27-25-33-13-19-39(20-14-33)61-45(43)31-35/h3-24,31-32,41-42H,25-30H2,1-2H3,(H,51,58)(H,52,57)(H,53,55)(H,54,56). The van der Waals surface area contributed by atoms with Gasteiger partial charge in [-0.15, -0.1) is 0 Å². The van der Waals surface area contributed by atoms with Gasteiger partial charge in [-0.25, -0.2) is 0 Å². The van der Waals surface area contributed by atoms with Gasteiger partial charge in [-0.1, -0.05) is 72.8 Å². The topological polar surface area (TPSA) is 153 Å². The van der Waals surface area contributed by atoms with Crippen molar-refractivity contribution in [3.05, 3.63) is 179 Å². The summed E-state index contributed by atoms with van der Waals surface area (Å²) in [6, 6.07) is 41.4. The first kappa shape index (κ1) is 42.5. The summed E-state index contributed by atoms with van der Waals surface area (Å²) in [6.45, 7) is 0.637. The molecule has 4 amide bonds.